The number of rotatable bonds is 6. The molecule has 112 valence electrons. The highest BCUT2D eigenvalue weighted by Gasteiger charge is 2.23. The Hall–Kier alpha value is -2.35. The fraction of sp³-hybridized carbons (Fsp3) is 0.385. The monoisotopic (exact) mass is 293 g/mol. The summed E-state index contributed by atoms with van der Waals surface area (Å²) in [6.07, 6.45) is 0.323. The number of halogens is 1. The van der Waals surface area contributed by atoms with Crippen LogP contribution >= 0.6 is 0 Å². The van der Waals surface area contributed by atoms with Crippen molar-refractivity contribution in [3.05, 3.63) is 41.5 Å². The van der Waals surface area contributed by atoms with Crippen LogP contribution in [0.3, 0.4) is 0 Å². The topological polar surface area (TPSA) is 92.9 Å². The molecule has 21 heavy (non-hydrogen) atoms. The molecule has 8 heteroatoms. The van der Waals surface area contributed by atoms with Gasteiger partial charge in [0.15, 0.2) is 0 Å². The first-order valence-corrected chi connectivity index (χ1v) is 6.49. The van der Waals surface area contributed by atoms with Gasteiger partial charge in [-0.3, -0.25) is 4.79 Å². The zero-order chi connectivity index (χ0) is 15.2. The summed E-state index contributed by atoms with van der Waals surface area (Å²) in [6, 6.07) is 5.24. The van der Waals surface area contributed by atoms with E-state index in [1.165, 1.54) is 16.8 Å². The number of hydrogen-bond donors (Lipinski definition) is 2. The third kappa shape index (κ3) is 3.82. The molecule has 1 aromatic heterocycles. The predicted molar refractivity (Wildman–Crippen MR) is 71.8 cm³/mol. The molecule has 1 unspecified atom stereocenters. The number of aromatic nitrogens is 4. The Morgan fingerprint density at radius 3 is 2.71 bits per heavy atom. The molecule has 1 heterocycles. The van der Waals surface area contributed by atoms with Crippen LogP contribution in [0.5, 0.6) is 0 Å². The molecule has 7 nitrogen and oxygen atoms in total. The maximum atomic E-state index is 12.9. The Morgan fingerprint density at radius 1 is 1.43 bits per heavy atom. The minimum atomic E-state index is -0.656. The maximum Gasteiger partial charge on any atom is 0.245 e. The average molecular weight is 293 g/mol. The number of nitrogens with one attached hydrogen (secondary N) is 1. The van der Waals surface area contributed by atoms with Crippen molar-refractivity contribution in [2.45, 2.75) is 19.4 Å². The van der Waals surface area contributed by atoms with Crippen molar-refractivity contribution in [3.63, 3.8) is 0 Å². The van der Waals surface area contributed by atoms with Crippen LogP contribution in [0.25, 0.3) is 0 Å². The molecule has 1 atom stereocenters. The van der Waals surface area contributed by atoms with E-state index >= 15 is 0 Å². The first kappa shape index (κ1) is 15.0. The van der Waals surface area contributed by atoms with E-state index in [1.807, 2.05) is 0 Å². The number of amides is 1. The lowest BCUT2D eigenvalue weighted by molar-refractivity contribution is -0.124. The van der Waals surface area contributed by atoms with Crippen LogP contribution < -0.4 is 5.32 Å². The van der Waals surface area contributed by atoms with Gasteiger partial charge >= 0.3 is 0 Å². The van der Waals surface area contributed by atoms with E-state index < -0.39 is 6.04 Å². The van der Waals surface area contributed by atoms with Gasteiger partial charge in [-0.2, -0.15) is 0 Å². The number of carbonyl (C=O) groups is 1. The van der Waals surface area contributed by atoms with Gasteiger partial charge in [-0.1, -0.05) is 12.1 Å². The first-order valence-electron chi connectivity index (χ1n) is 6.49. The molecule has 2 N–H and O–H groups in total. The van der Waals surface area contributed by atoms with Gasteiger partial charge in [-0.05, 0) is 35.0 Å². The van der Waals surface area contributed by atoms with Gasteiger partial charge < -0.3 is 10.4 Å². The molecular formula is C13H16FN5O2. The van der Waals surface area contributed by atoms with Crippen LogP contribution in [0.2, 0.25) is 0 Å². The second-order valence-electron chi connectivity index (χ2n) is 4.53. The minimum absolute atomic E-state index is 0.149. The van der Waals surface area contributed by atoms with Crippen molar-refractivity contribution in [2.24, 2.45) is 0 Å². The van der Waals surface area contributed by atoms with E-state index in [0.717, 1.165) is 5.56 Å². The van der Waals surface area contributed by atoms with Gasteiger partial charge in [-0.25, -0.2) is 9.07 Å². The number of aliphatic hydroxyl groups is 1. The van der Waals surface area contributed by atoms with Gasteiger partial charge in [0.25, 0.3) is 0 Å². The number of carbonyl (C=O) groups excluding carboxylic acids is 1. The third-order valence-electron chi connectivity index (χ3n) is 3.01. The van der Waals surface area contributed by atoms with Crippen LogP contribution in [-0.2, 0) is 11.2 Å². The lowest BCUT2D eigenvalue weighted by Crippen LogP contribution is -2.36. The number of aliphatic hydroxyl groups excluding tert-OH is 1. The first-order chi connectivity index (χ1) is 10.1. The molecule has 0 aliphatic rings. The van der Waals surface area contributed by atoms with E-state index in [1.54, 1.807) is 19.1 Å². The van der Waals surface area contributed by atoms with Crippen LogP contribution in [-0.4, -0.2) is 44.4 Å². The number of hydrogen-bond acceptors (Lipinski definition) is 5. The third-order valence-corrected chi connectivity index (χ3v) is 3.01. The van der Waals surface area contributed by atoms with Gasteiger partial charge in [0, 0.05) is 13.0 Å². The Morgan fingerprint density at radius 2 is 2.14 bits per heavy atom. The normalized spacial score (nSPS) is 12.1. The molecule has 0 aliphatic heterocycles. The summed E-state index contributed by atoms with van der Waals surface area (Å²) >= 11 is 0. The largest absolute Gasteiger partial charge is 0.395 e. The number of nitrogens with zero attached hydrogens (tertiary/aromatic N) is 4. The van der Waals surface area contributed by atoms with Crippen molar-refractivity contribution in [2.75, 3.05) is 13.2 Å². The maximum absolute atomic E-state index is 12.9. The van der Waals surface area contributed by atoms with Gasteiger partial charge in [0.05, 0.1) is 6.61 Å². The molecule has 1 amide bonds. The Labute approximate surface area is 120 Å². The molecule has 0 bridgehead atoms. The van der Waals surface area contributed by atoms with Crippen LogP contribution in [0.4, 0.5) is 4.39 Å². The Balaban J connectivity index is 2.21. The highest BCUT2D eigenvalue weighted by Crippen LogP contribution is 2.15. The Kier molecular flexibility index (Phi) is 4.94. The summed E-state index contributed by atoms with van der Waals surface area (Å²) in [5.74, 6) is -0.135. The van der Waals surface area contributed by atoms with E-state index in [4.69, 9.17) is 5.11 Å². The van der Waals surface area contributed by atoms with E-state index in [0.29, 0.717) is 12.2 Å². The van der Waals surface area contributed by atoms with Gasteiger partial charge in [0.2, 0.25) is 5.91 Å². The molecule has 0 saturated heterocycles. The number of benzene rings is 1. The average Bonchev–Trinajstić information content (AvgIpc) is 2.90. The van der Waals surface area contributed by atoms with Crippen molar-refractivity contribution in [3.8, 4) is 0 Å². The summed E-state index contributed by atoms with van der Waals surface area (Å²) in [5, 5.41) is 22.5. The molecule has 1 aromatic carbocycles. The summed E-state index contributed by atoms with van der Waals surface area (Å²) in [4.78, 5) is 12.2. The molecule has 0 saturated carbocycles. The zero-order valence-electron chi connectivity index (χ0n) is 11.5. The molecule has 0 aliphatic carbocycles. The summed E-state index contributed by atoms with van der Waals surface area (Å²) in [7, 11) is 0. The zero-order valence-corrected chi connectivity index (χ0v) is 11.5. The molecular weight excluding hydrogens is 277 g/mol. The highest BCUT2D eigenvalue weighted by atomic mass is 19.1. The van der Waals surface area contributed by atoms with Gasteiger partial charge in [0.1, 0.15) is 17.7 Å². The predicted octanol–water partition coefficient (Wildman–Crippen LogP) is 0.0129. The van der Waals surface area contributed by atoms with E-state index in [9.17, 15) is 9.18 Å². The van der Waals surface area contributed by atoms with E-state index in [2.05, 4.69) is 20.8 Å². The smallest absolute Gasteiger partial charge is 0.245 e. The SMILES string of the molecule is Cc1nnnn1C(Cc1ccc(F)cc1)C(=O)NCCO. The van der Waals surface area contributed by atoms with Crippen LogP contribution in [0.15, 0.2) is 24.3 Å². The van der Waals surface area contributed by atoms with Crippen LogP contribution in [0, 0.1) is 12.7 Å². The second-order valence-corrected chi connectivity index (χ2v) is 4.53. The van der Waals surface area contributed by atoms with Crippen molar-refractivity contribution >= 4 is 5.91 Å². The summed E-state index contributed by atoms with van der Waals surface area (Å²) in [5.41, 5.74) is 0.787. The lowest BCUT2D eigenvalue weighted by atomic mass is 10.1. The van der Waals surface area contributed by atoms with Crippen molar-refractivity contribution in [1.29, 1.82) is 0 Å². The standard InChI is InChI=1S/C13H16FN5O2/c1-9-16-17-18-19(9)12(13(21)15-6-7-20)8-10-2-4-11(14)5-3-10/h2-5,12,20H,6-8H2,1H3,(H,15,21). The van der Waals surface area contributed by atoms with E-state index in [-0.39, 0.29) is 24.9 Å². The summed E-state index contributed by atoms with van der Waals surface area (Å²) < 4.78 is 14.4. The molecule has 0 radical (unpaired) electrons. The fourth-order valence-electron chi connectivity index (χ4n) is 1.96. The molecule has 0 fully saturated rings. The summed E-state index contributed by atoms with van der Waals surface area (Å²) in [6.45, 7) is 1.69. The Bertz CT molecular complexity index is 599. The van der Waals surface area contributed by atoms with Crippen LogP contribution in [0.1, 0.15) is 17.4 Å². The fourth-order valence-corrected chi connectivity index (χ4v) is 1.96. The number of tetrazole rings is 1. The van der Waals surface area contributed by atoms with Crippen molar-refractivity contribution < 1.29 is 14.3 Å². The molecule has 2 rings (SSSR count). The molecule has 2 aromatic rings. The second kappa shape index (κ2) is 6.89. The minimum Gasteiger partial charge on any atom is -0.395 e. The van der Waals surface area contributed by atoms with Gasteiger partial charge in [-0.15, -0.1) is 5.10 Å². The van der Waals surface area contributed by atoms with Crippen molar-refractivity contribution in [1.82, 2.24) is 25.5 Å². The quantitative estimate of drug-likeness (QED) is 0.783. The lowest BCUT2D eigenvalue weighted by Gasteiger charge is -2.17. The number of aryl methyl sites for hydroxylation is 1. The highest BCUT2D eigenvalue weighted by molar-refractivity contribution is 5.80. The molecule has 0 spiro atoms.